The highest BCUT2D eigenvalue weighted by Crippen LogP contribution is 2.18. The number of rotatable bonds is 14. The van der Waals surface area contributed by atoms with Crippen LogP contribution >= 0.6 is 0 Å². The van der Waals surface area contributed by atoms with Crippen molar-refractivity contribution < 1.29 is 19.1 Å². The Bertz CT molecular complexity index is 826. The van der Waals surface area contributed by atoms with Crippen LogP contribution in [0.1, 0.15) is 51.5 Å². The van der Waals surface area contributed by atoms with Crippen LogP contribution in [0.5, 0.6) is 11.5 Å². The van der Waals surface area contributed by atoms with Crippen molar-refractivity contribution in [1.82, 2.24) is 10.2 Å². The van der Waals surface area contributed by atoms with Crippen LogP contribution in [-0.2, 0) is 16.1 Å². The van der Waals surface area contributed by atoms with Gasteiger partial charge >= 0.3 is 0 Å². The molecule has 0 radical (unpaired) electrons. The smallest absolute Gasteiger partial charge is 0.242 e. The largest absolute Gasteiger partial charge is 0.497 e. The number of amides is 2. The average Bonchev–Trinajstić information content (AvgIpc) is 2.82. The van der Waals surface area contributed by atoms with Gasteiger partial charge in [0.1, 0.15) is 17.5 Å². The van der Waals surface area contributed by atoms with Gasteiger partial charge in [-0.15, -0.1) is 0 Å². The third-order valence-electron chi connectivity index (χ3n) is 5.25. The summed E-state index contributed by atoms with van der Waals surface area (Å²) in [6, 6.07) is 16.7. The first-order valence-corrected chi connectivity index (χ1v) is 11.5. The molecule has 0 heterocycles. The van der Waals surface area contributed by atoms with E-state index in [1.165, 1.54) is 0 Å². The number of unbranched alkanes of at least 4 members (excludes halogenated alkanes) is 1. The summed E-state index contributed by atoms with van der Waals surface area (Å²) in [5.41, 5.74) is 0.929. The second-order valence-electron chi connectivity index (χ2n) is 7.71. The number of nitrogens with one attached hydrogen (secondary N) is 1. The van der Waals surface area contributed by atoms with E-state index in [0.29, 0.717) is 39.0 Å². The molecule has 1 atom stereocenters. The molecule has 6 heteroatoms. The predicted molar refractivity (Wildman–Crippen MR) is 127 cm³/mol. The van der Waals surface area contributed by atoms with Crippen LogP contribution in [0.2, 0.25) is 0 Å². The molecular formula is C26H36N2O4. The summed E-state index contributed by atoms with van der Waals surface area (Å²) >= 11 is 0. The van der Waals surface area contributed by atoms with Crippen molar-refractivity contribution in [2.75, 3.05) is 20.3 Å². The number of carbonyl (C=O) groups excluding carboxylic acids is 2. The number of carbonyl (C=O) groups is 2. The Morgan fingerprint density at radius 1 is 1.00 bits per heavy atom. The molecule has 0 fully saturated rings. The third kappa shape index (κ3) is 8.25. The number of hydrogen-bond donors (Lipinski definition) is 1. The van der Waals surface area contributed by atoms with Gasteiger partial charge in [0.05, 0.1) is 13.7 Å². The number of methoxy groups -OCH3 is 1. The van der Waals surface area contributed by atoms with Crippen molar-refractivity contribution in [2.45, 2.75) is 58.5 Å². The van der Waals surface area contributed by atoms with Crippen molar-refractivity contribution in [1.29, 1.82) is 0 Å². The van der Waals surface area contributed by atoms with Crippen LogP contribution < -0.4 is 14.8 Å². The minimum atomic E-state index is -0.513. The average molecular weight is 441 g/mol. The molecule has 6 nitrogen and oxygen atoms in total. The zero-order valence-corrected chi connectivity index (χ0v) is 19.5. The molecule has 0 saturated carbocycles. The van der Waals surface area contributed by atoms with Gasteiger partial charge in [0.25, 0.3) is 0 Å². The lowest BCUT2D eigenvalue weighted by atomic mass is 10.1. The van der Waals surface area contributed by atoms with E-state index < -0.39 is 6.04 Å². The van der Waals surface area contributed by atoms with Gasteiger partial charge in [-0.3, -0.25) is 9.59 Å². The lowest BCUT2D eigenvalue weighted by Gasteiger charge is -2.31. The van der Waals surface area contributed by atoms with E-state index >= 15 is 0 Å². The van der Waals surface area contributed by atoms with Crippen molar-refractivity contribution >= 4 is 11.8 Å². The Hall–Kier alpha value is -3.02. The summed E-state index contributed by atoms with van der Waals surface area (Å²) in [6.45, 7) is 5.45. The maximum atomic E-state index is 13.2. The molecule has 0 spiro atoms. The Balaban J connectivity index is 2.06. The Morgan fingerprint density at radius 3 is 2.44 bits per heavy atom. The van der Waals surface area contributed by atoms with Gasteiger partial charge in [0, 0.05) is 19.5 Å². The van der Waals surface area contributed by atoms with E-state index in [4.69, 9.17) is 9.47 Å². The summed E-state index contributed by atoms with van der Waals surface area (Å²) in [5.74, 6) is 1.36. The fourth-order valence-electron chi connectivity index (χ4n) is 3.47. The minimum Gasteiger partial charge on any atom is -0.497 e. The van der Waals surface area contributed by atoms with Gasteiger partial charge in [-0.05, 0) is 49.1 Å². The summed E-state index contributed by atoms with van der Waals surface area (Å²) < 4.78 is 11.0. The number of para-hydroxylation sites is 1. The maximum Gasteiger partial charge on any atom is 0.242 e. The molecule has 0 aromatic heterocycles. The minimum absolute atomic E-state index is 0.0537. The molecule has 2 rings (SSSR count). The monoisotopic (exact) mass is 440 g/mol. The highest BCUT2D eigenvalue weighted by atomic mass is 16.5. The van der Waals surface area contributed by atoms with E-state index in [1.54, 1.807) is 12.0 Å². The molecule has 1 N–H and O–H groups in total. The third-order valence-corrected chi connectivity index (χ3v) is 5.25. The quantitative estimate of drug-likeness (QED) is 0.437. The first kappa shape index (κ1) is 25.2. The SMILES string of the molecule is CCCCNC(=O)[C@H](CC)N(Cc1cccc(OC)c1)C(=O)CCCOc1ccccc1. The normalized spacial score (nSPS) is 11.5. The maximum absolute atomic E-state index is 13.2. The summed E-state index contributed by atoms with van der Waals surface area (Å²) in [6.07, 6.45) is 3.37. The first-order chi connectivity index (χ1) is 15.6. The summed E-state index contributed by atoms with van der Waals surface area (Å²) in [5, 5.41) is 2.98. The van der Waals surface area contributed by atoms with Gasteiger partial charge in [0.2, 0.25) is 11.8 Å². The van der Waals surface area contributed by atoms with Crippen molar-refractivity contribution in [2.24, 2.45) is 0 Å². The number of ether oxygens (including phenoxy) is 2. The Kier molecular flexibility index (Phi) is 11.1. The lowest BCUT2D eigenvalue weighted by molar-refractivity contribution is -0.141. The zero-order chi connectivity index (χ0) is 23.2. The van der Waals surface area contributed by atoms with Gasteiger partial charge in [-0.1, -0.05) is 50.6 Å². The van der Waals surface area contributed by atoms with E-state index in [1.807, 2.05) is 61.5 Å². The molecule has 32 heavy (non-hydrogen) atoms. The topological polar surface area (TPSA) is 67.9 Å². The van der Waals surface area contributed by atoms with Crippen LogP contribution in [0.15, 0.2) is 54.6 Å². The zero-order valence-electron chi connectivity index (χ0n) is 19.5. The second kappa shape index (κ2) is 14.1. The van der Waals surface area contributed by atoms with Crippen LogP contribution in [0, 0.1) is 0 Å². The standard InChI is InChI=1S/C26H36N2O4/c1-4-6-17-27-26(30)24(5-2)28(20-21-12-10-15-23(19-21)31-3)25(29)16-11-18-32-22-13-8-7-9-14-22/h7-10,12-15,19,24H,4-6,11,16-18,20H2,1-3H3,(H,27,30)/t24-/m0/s1. The molecule has 2 aromatic rings. The summed E-state index contributed by atoms with van der Waals surface area (Å²) in [7, 11) is 1.62. The number of benzene rings is 2. The summed E-state index contributed by atoms with van der Waals surface area (Å²) in [4.78, 5) is 27.8. The van der Waals surface area contributed by atoms with Gasteiger partial charge < -0.3 is 19.7 Å². The highest BCUT2D eigenvalue weighted by Gasteiger charge is 2.28. The molecule has 174 valence electrons. The van der Waals surface area contributed by atoms with Crippen molar-refractivity contribution in [3.63, 3.8) is 0 Å². The second-order valence-corrected chi connectivity index (χ2v) is 7.71. The fourth-order valence-corrected chi connectivity index (χ4v) is 3.47. The van der Waals surface area contributed by atoms with Crippen LogP contribution in [0.3, 0.4) is 0 Å². The molecule has 0 aliphatic rings. The van der Waals surface area contributed by atoms with E-state index in [0.717, 1.165) is 29.9 Å². The van der Waals surface area contributed by atoms with Gasteiger partial charge in [-0.2, -0.15) is 0 Å². The molecule has 0 bridgehead atoms. The molecular weight excluding hydrogens is 404 g/mol. The van der Waals surface area contributed by atoms with Crippen LogP contribution in [0.4, 0.5) is 0 Å². The molecule has 2 aromatic carbocycles. The molecule has 0 unspecified atom stereocenters. The van der Waals surface area contributed by atoms with E-state index in [-0.39, 0.29) is 11.8 Å². The predicted octanol–water partition coefficient (Wildman–Crippen LogP) is 4.58. The van der Waals surface area contributed by atoms with E-state index in [2.05, 4.69) is 12.2 Å². The van der Waals surface area contributed by atoms with E-state index in [9.17, 15) is 9.59 Å². The van der Waals surface area contributed by atoms with Crippen molar-refractivity contribution in [3.8, 4) is 11.5 Å². The molecule has 2 amide bonds. The molecule has 0 aliphatic heterocycles. The highest BCUT2D eigenvalue weighted by molar-refractivity contribution is 5.87. The molecule has 0 saturated heterocycles. The van der Waals surface area contributed by atoms with Crippen LogP contribution in [-0.4, -0.2) is 43.0 Å². The van der Waals surface area contributed by atoms with Crippen molar-refractivity contribution in [3.05, 3.63) is 60.2 Å². The Labute approximate surface area is 191 Å². The first-order valence-electron chi connectivity index (χ1n) is 11.5. The lowest BCUT2D eigenvalue weighted by Crippen LogP contribution is -2.49. The van der Waals surface area contributed by atoms with Gasteiger partial charge in [0.15, 0.2) is 0 Å². The molecule has 0 aliphatic carbocycles. The van der Waals surface area contributed by atoms with Crippen LogP contribution in [0.25, 0.3) is 0 Å². The number of nitrogens with zero attached hydrogens (tertiary/aromatic N) is 1. The van der Waals surface area contributed by atoms with Gasteiger partial charge in [-0.25, -0.2) is 0 Å². The fraction of sp³-hybridized carbons (Fsp3) is 0.462. The number of hydrogen-bond acceptors (Lipinski definition) is 4. The Morgan fingerprint density at radius 2 is 1.75 bits per heavy atom.